The average Bonchev–Trinajstić information content (AvgIpc) is 2.67. The third kappa shape index (κ3) is 7.12. The quantitative estimate of drug-likeness (QED) is 0.243. The van der Waals surface area contributed by atoms with Crippen LogP contribution in [-0.2, 0) is 6.54 Å². The Bertz CT molecular complexity index is 701. The van der Waals surface area contributed by atoms with Crippen LogP contribution in [0.15, 0.2) is 41.5 Å². The molecule has 0 amide bonds. The smallest absolute Gasteiger partial charge is 0.219 e. The van der Waals surface area contributed by atoms with E-state index in [0.29, 0.717) is 35.6 Å². The minimum atomic E-state index is 0. The molecular weight excluding hydrogens is 459 g/mol. The Morgan fingerprint density at radius 1 is 1.15 bits per heavy atom. The first-order valence-electron chi connectivity index (χ1n) is 8.55. The molecule has 0 saturated carbocycles. The molecule has 148 valence electrons. The number of methoxy groups -OCH3 is 2. The molecule has 0 bridgehead atoms. The molecule has 0 aliphatic heterocycles. The van der Waals surface area contributed by atoms with Gasteiger partial charge in [0.2, 0.25) is 11.6 Å². The van der Waals surface area contributed by atoms with Crippen LogP contribution < -0.4 is 25.3 Å². The maximum atomic E-state index is 5.83. The van der Waals surface area contributed by atoms with Gasteiger partial charge >= 0.3 is 0 Å². The molecule has 0 spiro atoms. The van der Waals surface area contributed by atoms with Crippen LogP contribution in [0.4, 0.5) is 0 Å². The van der Waals surface area contributed by atoms with Crippen molar-refractivity contribution >= 4 is 29.9 Å². The van der Waals surface area contributed by atoms with Crippen molar-refractivity contribution in [2.24, 2.45) is 10.7 Å². The van der Waals surface area contributed by atoms with E-state index < -0.39 is 0 Å². The number of nitrogens with one attached hydrogen (secondary N) is 1. The Balaban J connectivity index is 0.00000364. The molecular formula is C19H27IN4O3. The molecule has 7 nitrogen and oxygen atoms in total. The second kappa shape index (κ2) is 12.2. The number of guanidine groups is 1. The van der Waals surface area contributed by atoms with Crippen LogP contribution in [0.1, 0.15) is 25.3 Å². The number of ether oxygens (including phenoxy) is 3. The molecule has 0 aliphatic rings. The van der Waals surface area contributed by atoms with Gasteiger partial charge in [0, 0.05) is 18.8 Å². The Kier molecular flexibility index (Phi) is 10.3. The van der Waals surface area contributed by atoms with Crippen LogP contribution in [0.5, 0.6) is 23.1 Å². The summed E-state index contributed by atoms with van der Waals surface area (Å²) in [6, 6.07) is 9.10. The number of benzene rings is 1. The predicted octanol–water partition coefficient (Wildman–Crippen LogP) is 3.71. The molecule has 1 aromatic carbocycles. The maximum Gasteiger partial charge on any atom is 0.219 e. The third-order valence-corrected chi connectivity index (χ3v) is 3.66. The summed E-state index contributed by atoms with van der Waals surface area (Å²) in [5.41, 5.74) is 6.76. The molecule has 0 aliphatic carbocycles. The molecule has 2 rings (SSSR count). The Morgan fingerprint density at radius 3 is 2.41 bits per heavy atom. The summed E-state index contributed by atoms with van der Waals surface area (Å²) >= 11 is 0. The lowest BCUT2D eigenvalue weighted by atomic mass is 10.3. The summed E-state index contributed by atoms with van der Waals surface area (Å²) < 4.78 is 16.5. The van der Waals surface area contributed by atoms with Crippen molar-refractivity contribution in [1.82, 2.24) is 10.3 Å². The number of pyridine rings is 1. The highest BCUT2D eigenvalue weighted by Crippen LogP contribution is 2.39. The van der Waals surface area contributed by atoms with Crippen molar-refractivity contribution in [1.29, 1.82) is 0 Å². The molecule has 0 unspecified atom stereocenters. The Hall–Kier alpha value is -2.23. The van der Waals surface area contributed by atoms with Crippen molar-refractivity contribution in [3.63, 3.8) is 0 Å². The van der Waals surface area contributed by atoms with Crippen molar-refractivity contribution in [2.45, 2.75) is 26.3 Å². The van der Waals surface area contributed by atoms with Gasteiger partial charge in [0.15, 0.2) is 17.5 Å². The fourth-order valence-corrected chi connectivity index (χ4v) is 2.21. The number of para-hydroxylation sites is 1. The molecule has 2 aromatic rings. The zero-order valence-corrected chi connectivity index (χ0v) is 18.2. The van der Waals surface area contributed by atoms with Crippen LogP contribution in [0.25, 0.3) is 0 Å². The number of aromatic nitrogens is 1. The summed E-state index contributed by atoms with van der Waals surface area (Å²) in [4.78, 5) is 8.61. The summed E-state index contributed by atoms with van der Waals surface area (Å²) in [7, 11) is 3.16. The summed E-state index contributed by atoms with van der Waals surface area (Å²) in [5.74, 6) is 2.52. The Morgan fingerprint density at radius 2 is 1.85 bits per heavy atom. The van der Waals surface area contributed by atoms with Crippen LogP contribution in [0, 0.1) is 0 Å². The molecule has 0 radical (unpaired) electrons. The molecule has 3 N–H and O–H groups in total. The summed E-state index contributed by atoms with van der Waals surface area (Å²) in [5, 5.41) is 3.08. The van der Waals surface area contributed by atoms with E-state index in [0.717, 1.165) is 24.9 Å². The lowest BCUT2D eigenvalue weighted by molar-refractivity contribution is 0.342. The summed E-state index contributed by atoms with van der Waals surface area (Å²) in [6.45, 7) is 3.42. The molecule has 0 saturated heterocycles. The molecule has 8 heteroatoms. The Labute approximate surface area is 177 Å². The highest BCUT2D eigenvalue weighted by atomic mass is 127. The molecule has 0 fully saturated rings. The van der Waals surface area contributed by atoms with Crippen molar-refractivity contribution in [3.8, 4) is 23.1 Å². The number of hydrogen-bond donors (Lipinski definition) is 2. The van der Waals surface area contributed by atoms with E-state index in [1.165, 1.54) is 0 Å². The molecule has 27 heavy (non-hydrogen) atoms. The van der Waals surface area contributed by atoms with Gasteiger partial charge in [0.05, 0.1) is 20.8 Å². The second-order valence-corrected chi connectivity index (χ2v) is 5.58. The summed E-state index contributed by atoms with van der Waals surface area (Å²) in [6.07, 6.45) is 3.89. The van der Waals surface area contributed by atoms with E-state index in [2.05, 4.69) is 22.2 Å². The zero-order valence-electron chi connectivity index (χ0n) is 15.9. The van der Waals surface area contributed by atoms with Gasteiger partial charge in [-0.2, -0.15) is 0 Å². The van der Waals surface area contributed by atoms with Crippen molar-refractivity contribution in [2.75, 3.05) is 20.8 Å². The highest BCUT2D eigenvalue weighted by molar-refractivity contribution is 14.0. The normalized spacial score (nSPS) is 10.7. The monoisotopic (exact) mass is 486 g/mol. The molecule has 1 heterocycles. The molecule has 0 atom stereocenters. The first kappa shape index (κ1) is 22.8. The number of nitrogens with two attached hydrogens (primary N) is 1. The lowest BCUT2D eigenvalue weighted by Crippen LogP contribution is -2.32. The van der Waals surface area contributed by atoms with E-state index in [4.69, 9.17) is 19.9 Å². The topological polar surface area (TPSA) is 91.0 Å². The second-order valence-electron chi connectivity index (χ2n) is 5.58. The van der Waals surface area contributed by atoms with Crippen LogP contribution >= 0.6 is 24.0 Å². The molecule has 1 aromatic heterocycles. The van der Waals surface area contributed by atoms with Gasteiger partial charge in [-0.3, -0.25) is 0 Å². The van der Waals surface area contributed by atoms with Gasteiger partial charge in [-0.15, -0.1) is 24.0 Å². The zero-order chi connectivity index (χ0) is 18.8. The van der Waals surface area contributed by atoms with E-state index in [1.807, 2.05) is 12.1 Å². The van der Waals surface area contributed by atoms with Crippen LogP contribution in [0.3, 0.4) is 0 Å². The average molecular weight is 486 g/mol. The number of aliphatic imine (C=N–C) groups is 1. The number of unbranched alkanes of at least 4 members (excludes halogenated alkanes) is 1. The largest absolute Gasteiger partial charge is 0.493 e. The SMILES string of the molecule is CCCCNC(N)=NCc1ccc(Oc2c(OC)cccc2OC)nc1.I. The predicted molar refractivity (Wildman–Crippen MR) is 118 cm³/mol. The number of rotatable bonds is 9. The minimum Gasteiger partial charge on any atom is -0.493 e. The van der Waals surface area contributed by atoms with E-state index in [1.54, 1.807) is 38.6 Å². The third-order valence-electron chi connectivity index (χ3n) is 3.66. The fourth-order valence-electron chi connectivity index (χ4n) is 2.21. The standard InChI is InChI=1S/C19H26N4O3.HI/c1-4-5-11-21-19(20)23-13-14-9-10-17(22-12-14)26-18-15(24-2)7-6-8-16(18)25-3;/h6-10,12H,4-5,11,13H2,1-3H3,(H3,20,21,23);1H. The van der Waals surface area contributed by atoms with Gasteiger partial charge < -0.3 is 25.3 Å². The van der Waals surface area contributed by atoms with Crippen molar-refractivity contribution in [3.05, 3.63) is 42.1 Å². The van der Waals surface area contributed by atoms with Crippen molar-refractivity contribution < 1.29 is 14.2 Å². The lowest BCUT2D eigenvalue weighted by Gasteiger charge is -2.13. The highest BCUT2D eigenvalue weighted by Gasteiger charge is 2.12. The van der Waals surface area contributed by atoms with Gasteiger partial charge in [-0.1, -0.05) is 25.5 Å². The number of halogens is 1. The first-order chi connectivity index (χ1) is 12.7. The maximum absolute atomic E-state index is 5.83. The first-order valence-corrected chi connectivity index (χ1v) is 8.55. The fraction of sp³-hybridized carbons (Fsp3) is 0.368. The minimum absolute atomic E-state index is 0. The van der Waals surface area contributed by atoms with Gasteiger partial charge in [0.25, 0.3) is 0 Å². The van der Waals surface area contributed by atoms with Gasteiger partial charge in [-0.25, -0.2) is 9.98 Å². The van der Waals surface area contributed by atoms with Crippen LogP contribution in [0.2, 0.25) is 0 Å². The van der Waals surface area contributed by atoms with Gasteiger partial charge in [0.1, 0.15) is 0 Å². The van der Waals surface area contributed by atoms with E-state index >= 15 is 0 Å². The van der Waals surface area contributed by atoms with E-state index in [-0.39, 0.29) is 24.0 Å². The van der Waals surface area contributed by atoms with Gasteiger partial charge in [-0.05, 0) is 24.1 Å². The number of nitrogens with zero attached hydrogens (tertiary/aromatic N) is 2. The number of hydrogen-bond acceptors (Lipinski definition) is 5. The van der Waals surface area contributed by atoms with Crippen LogP contribution in [-0.4, -0.2) is 31.7 Å². The van der Waals surface area contributed by atoms with E-state index in [9.17, 15) is 0 Å².